The number of furan rings is 1. The monoisotopic (exact) mass is 342 g/mol. The normalized spacial score (nSPS) is 19.1. The van der Waals surface area contributed by atoms with Crippen molar-refractivity contribution in [2.45, 2.75) is 6.42 Å². The van der Waals surface area contributed by atoms with Crippen LogP contribution in [-0.4, -0.2) is 38.3 Å². The van der Waals surface area contributed by atoms with Crippen molar-refractivity contribution in [3.63, 3.8) is 0 Å². The number of carbonyl (C=O) groups is 2. The molecule has 1 aromatic heterocycles. The SMILES string of the molecule is COC1=CC=C(OC)C2C=C(CCNC(=O)c3ccco3)C(=O)N=C12. The molecular formula is C18H18N2O5. The molecular weight excluding hydrogens is 324 g/mol. The highest BCUT2D eigenvalue weighted by molar-refractivity contribution is 6.15. The Bertz CT molecular complexity index is 799. The number of nitrogens with one attached hydrogen (secondary N) is 1. The molecule has 0 radical (unpaired) electrons. The minimum Gasteiger partial charge on any atom is -0.500 e. The minimum atomic E-state index is -0.334. The van der Waals surface area contributed by atoms with Gasteiger partial charge in [-0.1, -0.05) is 6.08 Å². The number of carbonyl (C=O) groups excluding carboxylic acids is 2. The first-order valence-corrected chi connectivity index (χ1v) is 7.79. The van der Waals surface area contributed by atoms with Crippen molar-refractivity contribution in [2.24, 2.45) is 10.9 Å². The number of dihydropyridines is 1. The van der Waals surface area contributed by atoms with Crippen LogP contribution in [0.5, 0.6) is 0 Å². The van der Waals surface area contributed by atoms with E-state index in [1.54, 1.807) is 31.4 Å². The van der Waals surface area contributed by atoms with Crippen LogP contribution in [-0.2, 0) is 14.3 Å². The van der Waals surface area contributed by atoms with E-state index >= 15 is 0 Å². The first kappa shape index (κ1) is 16.8. The summed E-state index contributed by atoms with van der Waals surface area (Å²) < 4.78 is 15.7. The zero-order chi connectivity index (χ0) is 17.8. The Morgan fingerprint density at radius 1 is 1.32 bits per heavy atom. The zero-order valence-corrected chi connectivity index (χ0v) is 13.9. The summed E-state index contributed by atoms with van der Waals surface area (Å²) in [6.45, 7) is 0.299. The van der Waals surface area contributed by atoms with Crippen LogP contribution < -0.4 is 5.32 Å². The Balaban J connectivity index is 1.68. The molecule has 25 heavy (non-hydrogen) atoms. The summed E-state index contributed by atoms with van der Waals surface area (Å²) >= 11 is 0. The van der Waals surface area contributed by atoms with Crippen LogP contribution in [0, 0.1) is 5.92 Å². The molecule has 1 aliphatic carbocycles. The van der Waals surface area contributed by atoms with E-state index in [9.17, 15) is 9.59 Å². The van der Waals surface area contributed by atoms with Crippen molar-refractivity contribution < 1.29 is 23.5 Å². The van der Waals surface area contributed by atoms with Gasteiger partial charge in [0.2, 0.25) is 0 Å². The minimum absolute atomic E-state index is 0.232. The molecule has 7 nitrogen and oxygen atoms in total. The van der Waals surface area contributed by atoms with E-state index in [1.807, 2.05) is 6.08 Å². The Kier molecular flexibility index (Phi) is 4.83. The number of methoxy groups -OCH3 is 2. The fraction of sp³-hybridized carbons (Fsp3) is 0.278. The van der Waals surface area contributed by atoms with Gasteiger partial charge in [-0.3, -0.25) is 9.59 Å². The summed E-state index contributed by atoms with van der Waals surface area (Å²) in [6, 6.07) is 3.22. The van der Waals surface area contributed by atoms with Gasteiger partial charge in [0.25, 0.3) is 11.8 Å². The smallest absolute Gasteiger partial charge is 0.286 e. The van der Waals surface area contributed by atoms with Crippen molar-refractivity contribution in [3.8, 4) is 0 Å². The predicted molar refractivity (Wildman–Crippen MR) is 89.9 cm³/mol. The Morgan fingerprint density at radius 2 is 2.16 bits per heavy atom. The molecule has 1 atom stereocenters. The van der Waals surface area contributed by atoms with Crippen molar-refractivity contribution in [3.05, 3.63) is 59.5 Å². The first-order chi connectivity index (χ1) is 12.1. The molecule has 1 unspecified atom stereocenters. The molecule has 0 bridgehead atoms. The summed E-state index contributed by atoms with van der Waals surface area (Å²) in [5, 5.41) is 2.71. The maximum atomic E-state index is 12.3. The van der Waals surface area contributed by atoms with Crippen molar-refractivity contribution in [1.29, 1.82) is 0 Å². The van der Waals surface area contributed by atoms with Crippen LogP contribution in [0.1, 0.15) is 17.0 Å². The van der Waals surface area contributed by atoms with E-state index in [1.165, 1.54) is 13.4 Å². The number of nitrogens with zero attached hydrogens (tertiary/aromatic N) is 1. The molecule has 2 amide bonds. The second-order valence-electron chi connectivity index (χ2n) is 5.46. The van der Waals surface area contributed by atoms with Gasteiger partial charge in [-0.2, -0.15) is 0 Å². The van der Waals surface area contributed by atoms with E-state index in [-0.39, 0.29) is 23.5 Å². The van der Waals surface area contributed by atoms with Crippen LogP contribution in [0.3, 0.4) is 0 Å². The fourth-order valence-corrected chi connectivity index (χ4v) is 2.74. The van der Waals surface area contributed by atoms with Crippen molar-refractivity contribution >= 4 is 17.5 Å². The molecule has 0 saturated heterocycles. The number of ether oxygens (including phenoxy) is 2. The van der Waals surface area contributed by atoms with E-state index in [0.29, 0.717) is 35.8 Å². The second-order valence-corrected chi connectivity index (χ2v) is 5.46. The quantitative estimate of drug-likeness (QED) is 0.854. The highest BCUT2D eigenvalue weighted by Gasteiger charge is 2.32. The topological polar surface area (TPSA) is 90.1 Å². The van der Waals surface area contributed by atoms with Crippen LogP contribution >= 0.6 is 0 Å². The van der Waals surface area contributed by atoms with E-state index in [4.69, 9.17) is 13.9 Å². The highest BCUT2D eigenvalue weighted by Crippen LogP contribution is 2.30. The van der Waals surface area contributed by atoms with Crippen molar-refractivity contribution in [1.82, 2.24) is 5.32 Å². The lowest BCUT2D eigenvalue weighted by atomic mass is 9.89. The molecule has 0 fully saturated rings. The predicted octanol–water partition coefficient (Wildman–Crippen LogP) is 2.00. The molecule has 2 aliphatic rings. The van der Waals surface area contributed by atoms with E-state index < -0.39 is 0 Å². The summed E-state index contributed by atoms with van der Waals surface area (Å²) in [7, 11) is 3.10. The summed E-state index contributed by atoms with van der Waals surface area (Å²) in [5.74, 6) is 0.538. The standard InChI is InChI=1S/C18H18N2O5/c1-23-13-5-6-14(24-2)16-12(13)10-11(17(21)20-16)7-8-19-18(22)15-4-3-9-25-15/h3-6,9-10,12H,7-8H2,1-2H3,(H,19,22). The Hall–Kier alpha value is -3.09. The van der Waals surface area contributed by atoms with Crippen LogP contribution in [0.15, 0.2) is 63.1 Å². The first-order valence-electron chi connectivity index (χ1n) is 7.79. The maximum Gasteiger partial charge on any atom is 0.286 e. The van der Waals surface area contributed by atoms with Crippen LogP contribution in [0.2, 0.25) is 0 Å². The molecule has 1 aliphatic heterocycles. The molecule has 1 N–H and O–H groups in total. The number of hydrogen-bond acceptors (Lipinski definition) is 5. The van der Waals surface area contributed by atoms with Crippen LogP contribution in [0.25, 0.3) is 0 Å². The summed E-state index contributed by atoms with van der Waals surface area (Å²) in [5.41, 5.74) is 1.06. The van der Waals surface area contributed by atoms with Gasteiger partial charge in [-0.15, -0.1) is 0 Å². The number of allylic oxidation sites excluding steroid dienone is 4. The number of rotatable bonds is 6. The van der Waals surface area contributed by atoms with Gasteiger partial charge in [0.1, 0.15) is 17.2 Å². The van der Waals surface area contributed by atoms with Crippen molar-refractivity contribution in [2.75, 3.05) is 20.8 Å². The maximum absolute atomic E-state index is 12.3. The zero-order valence-electron chi connectivity index (χ0n) is 13.9. The lowest BCUT2D eigenvalue weighted by Crippen LogP contribution is -2.29. The molecule has 1 aromatic rings. The summed E-state index contributed by atoms with van der Waals surface area (Å²) in [6.07, 6.45) is 7.13. The number of amides is 2. The number of hydrogen-bond donors (Lipinski definition) is 1. The van der Waals surface area contributed by atoms with Gasteiger partial charge < -0.3 is 19.2 Å². The molecule has 2 heterocycles. The van der Waals surface area contributed by atoms with Gasteiger partial charge in [0.05, 0.1) is 26.4 Å². The molecule has 7 heteroatoms. The second kappa shape index (κ2) is 7.21. The molecule has 0 spiro atoms. The van der Waals surface area contributed by atoms with Gasteiger partial charge in [-0.05, 0) is 30.7 Å². The number of fused-ring (bicyclic) bond motifs is 1. The average molecular weight is 342 g/mol. The molecule has 0 saturated carbocycles. The molecule has 0 aromatic carbocycles. The van der Waals surface area contributed by atoms with Gasteiger partial charge in [0.15, 0.2) is 5.76 Å². The largest absolute Gasteiger partial charge is 0.500 e. The third-order valence-corrected chi connectivity index (χ3v) is 4.00. The van der Waals surface area contributed by atoms with E-state index in [2.05, 4.69) is 10.3 Å². The highest BCUT2D eigenvalue weighted by atomic mass is 16.5. The lowest BCUT2D eigenvalue weighted by Gasteiger charge is -2.26. The fourth-order valence-electron chi connectivity index (χ4n) is 2.74. The van der Waals surface area contributed by atoms with Gasteiger partial charge in [-0.25, -0.2) is 4.99 Å². The average Bonchev–Trinajstić information content (AvgIpc) is 3.16. The lowest BCUT2D eigenvalue weighted by molar-refractivity contribution is -0.114. The third kappa shape index (κ3) is 3.40. The molecule has 3 rings (SSSR count). The van der Waals surface area contributed by atoms with E-state index in [0.717, 1.165) is 0 Å². The Labute approximate surface area is 144 Å². The van der Waals surface area contributed by atoms with Gasteiger partial charge >= 0.3 is 0 Å². The van der Waals surface area contributed by atoms with Gasteiger partial charge in [0, 0.05) is 12.1 Å². The summed E-state index contributed by atoms with van der Waals surface area (Å²) in [4.78, 5) is 28.3. The molecule has 130 valence electrons. The Morgan fingerprint density at radius 3 is 2.84 bits per heavy atom. The third-order valence-electron chi connectivity index (χ3n) is 4.00. The number of aliphatic imine (C=N–C) groups is 1. The van der Waals surface area contributed by atoms with Crippen LogP contribution in [0.4, 0.5) is 0 Å².